The van der Waals surface area contributed by atoms with E-state index in [0.717, 1.165) is 10.5 Å². The third-order valence-corrected chi connectivity index (χ3v) is 4.39. The Morgan fingerprint density at radius 2 is 1.95 bits per heavy atom. The predicted molar refractivity (Wildman–Crippen MR) is 83.8 cm³/mol. The Bertz CT molecular complexity index is 592. The highest BCUT2D eigenvalue weighted by Crippen LogP contribution is 2.31. The second-order valence-electron chi connectivity index (χ2n) is 4.16. The van der Waals surface area contributed by atoms with Crippen molar-refractivity contribution in [3.63, 3.8) is 0 Å². The van der Waals surface area contributed by atoms with Crippen molar-refractivity contribution in [1.29, 1.82) is 0 Å². The van der Waals surface area contributed by atoms with Gasteiger partial charge in [0, 0.05) is 16.2 Å². The summed E-state index contributed by atoms with van der Waals surface area (Å²) in [6, 6.07) is 12.7. The van der Waals surface area contributed by atoms with Crippen LogP contribution in [0.1, 0.15) is 5.56 Å². The Kier molecular flexibility index (Phi) is 5.37. The van der Waals surface area contributed by atoms with Crippen LogP contribution >= 0.6 is 23.4 Å². The molecule has 0 aliphatic rings. The minimum atomic E-state index is -1.48. The molecule has 2 rings (SSSR count). The molecule has 0 heterocycles. The van der Waals surface area contributed by atoms with Gasteiger partial charge in [-0.25, -0.2) is 0 Å². The van der Waals surface area contributed by atoms with Crippen molar-refractivity contribution in [1.82, 2.24) is 0 Å². The summed E-state index contributed by atoms with van der Waals surface area (Å²) in [5, 5.41) is 19.2. The van der Waals surface area contributed by atoms with Gasteiger partial charge in [-0.3, -0.25) is 0 Å². The molecule has 104 valence electrons. The smallest absolute Gasteiger partial charge is 0.488 e. The van der Waals surface area contributed by atoms with Crippen molar-refractivity contribution in [2.45, 2.75) is 10.6 Å². The molecule has 2 aromatic rings. The lowest BCUT2D eigenvalue weighted by Gasteiger charge is -2.11. The number of thioether (sulfide) groups is 1. The lowest BCUT2D eigenvalue weighted by molar-refractivity contribution is 0.410. The third-order valence-electron chi connectivity index (χ3n) is 2.82. The van der Waals surface area contributed by atoms with Crippen LogP contribution in [0.15, 0.2) is 47.4 Å². The van der Waals surface area contributed by atoms with E-state index in [0.29, 0.717) is 22.0 Å². The zero-order chi connectivity index (χ0) is 14.5. The van der Waals surface area contributed by atoms with E-state index in [-0.39, 0.29) is 0 Å². The van der Waals surface area contributed by atoms with Crippen LogP contribution in [0.25, 0.3) is 0 Å². The van der Waals surface area contributed by atoms with Crippen LogP contribution in [0.4, 0.5) is 0 Å². The van der Waals surface area contributed by atoms with E-state index in [2.05, 4.69) is 0 Å². The first kappa shape index (κ1) is 15.3. The second-order valence-corrected chi connectivity index (χ2v) is 5.59. The van der Waals surface area contributed by atoms with E-state index < -0.39 is 7.12 Å². The Morgan fingerprint density at radius 1 is 1.20 bits per heavy atom. The van der Waals surface area contributed by atoms with Crippen LogP contribution in [-0.4, -0.2) is 24.3 Å². The number of methoxy groups -OCH3 is 1. The second kappa shape index (κ2) is 7.04. The molecule has 0 aliphatic heterocycles. The first-order chi connectivity index (χ1) is 9.61. The molecule has 2 aromatic carbocycles. The molecule has 6 heteroatoms. The predicted octanol–water partition coefficient (Wildman–Crippen LogP) is 2.32. The molecule has 0 fully saturated rings. The minimum Gasteiger partial charge on any atom is -0.496 e. The number of benzene rings is 2. The maximum Gasteiger partial charge on any atom is 0.488 e. The topological polar surface area (TPSA) is 49.7 Å². The summed E-state index contributed by atoms with van der Waals surface area (Å²) in [6.07, 6.45) is 0. The molecule has 2 N–H and O–H groups in total. The quantitative estimate of drug-likeness (QED) is 0.657. The van der Waals surface area contributed by atoms with Gasteiger partial charge in [-0.05, 0) is 23.7 Å². The Morgan fingerprint density at radius 3 is 2.60 bits per heavy atom. The average Bonchev–Trinajstić information content (AvgIpc) is 2.46. The molecule has 0 radical (unpaired) electrons. The van der Waals surface area contributed by atoms with Gasteiger partial charge >= 0.3 is 7.12 Å². The summed E-state index contributed by atoms with van der Waals surface area (Å²) in [4.78, 5) is 0.978. The lowest BCUT2D eigenvalue weighted by atomic mass is 9.79. The monoisotopic (exact) mass is 308 g/mol. The van der Waals surface area contributed by atoms with E-state index in [9.17, 15) is 10.0 Å². The van der Waals surface area contributed by atoms with Gasteiger partial charge in [0.2, 0.25) is 0 Å². The molecule has 0 unspecified atom stereocenters. The molecular weight excluding hydrogens is 294 g/mol. The van der Waals surface area contributed by atoms with E-state index in [1.54, 1.807) is 37.1 Å². The van der Waals surface area contributed by atoms with Crippen LogP contribution in [0.3, 0.4) is 0 Å². The van der Waals surface area contributed by atoms with Crippen LogP contribution in [-0.2, 0) is 5.75 Å². The van der Waals surface area contributed by atoms with Gasteiger partial charge in [-0.2, -0.15) is 0 Å². The van der Waals surface area contributed by atoms with E-state index >= 15 is 0 Å². The van der Waals surface area contributed by atoms with Crippen LogP contribution in [0.5, 0.6) is 5.75 Å². The lowest BCUT2D eigenvalue weighted by Crippen LogP contribution is -2.30. The Hall–Kier alpha value is -1.14. The van der Waals surface area contributed by atoms with Crippen molar-refractivity contribution in [2.24, 2.45) is 0 Å². The summed E-state index contributed by atoms with van der Waals surface area (Å²) in [5.41, 5.74) is 1.34. The van der Waals surface area contributed by atoms with Gasteiger partial charge in [-0.1, -0.05) is 35.9 Å². The number of rotatable bonds is 5. The number of hydrogen-bond donors (Lipinski definition) is 2. The summed E-state index contributed by atoms with van der Waals surface area (Å²) < 4.78 is 5.29. The highest BCUT2D eigenvalue weighted by molar-refractivity contribution is 7.98. The maximum atomic E-state index is 9.23. The fourth-order valence-electron chi connectivity index (χ4n) is 1.79. The van der Waals surface area contributed by atoms with Crippen molar-refractivity contribution in [2.75, 3.05) is 7.11 Å². The summed E-state index contributed by atoms with van der Waals surface area (Å²) in [5.74, 6) is 1.35. The fourth-order valence-corrected chi connectivity index (χ4v) is 3.01. The van der Waals surface area contributed by atoms with Crippen molar-refractivity contribution < 1.29 is 14.8 Å². The van der Waals surface area contributed by atoms with E-state index in [1.807, 2.05) is 24.3 Å². The highest BCUT2D eigenvalue weighted by Gasteiger charge is 2.14. The molecular formula is C14H14BClO3S. The zero-order valence-electron chi connectivity index (χ0n) is 10.9. The third kappa shape index (κ3) is 3.70. The van der Waals surface area contributed by atoms with Gasteiger partial charge in [0.25, 0.3) is 0 Å². The first-order valence-electron chi connectivity index (χ1n) is 6.02. The SMILES string of the molecule is COc1ccc(B(O)O)cc1CSc1ccccc1Cl. The summed E-state index contributed by atoms with van der Waals surface area (Å²) >= 11 is 7.69. The summed E-state index contributed by atoms with van der Waals surface area (Å²) in [6.45, 7) is 0. The molecule has 0 bridgehead atoms. The van der Waals surface area contributed by atoms with Crippen LogP contribution in [0, 0.1) is 0 Å². The Labute approximate surface area is 127 Å². The molecule has 0 amide bonds. The molecule has 0 spiro atoms. The van der Waals surface area contributed by atoms with Crippen LogP contribution < -0.4 is 10.2 Å². The standard InChI is InChI=1S/C14H14BClO3S/c1-19-13-7-6-11(15(17)18)8-10(13)9-20-14-5-3-2-4-12(14)16/h2-8,17-18H,9H2,1H3. The zero-order valence-corrected chi connectivity index (χ0v) is 12.5. The maximum absolute atomic E-state index is 9.23. The van der Waals surface area contributed by atoms with Crippen LogP contribution in [0.2, 0.25) is 5.02 Å². The molecule has 0 saturated heterocycles. The van der Waals surface area contributed by atoms with Gasteiger partial charge in [0.05, 0.1) is 12.1 Å². The fraction of sp³-hybridized carbons (Fsp3) is 0.143. The minimum absolute atomic E-state index is 0.445. The highest BCUT2D eigenvalue weighted by atomic mass is 35.5. The number of hydrogen-bond acceptors (Lipinski definition) is 4. The van der Waals surface area contributed by atoms with E-state index in [4.69, 9.17) is 16.3 Å². The number of ether oxygens (including phenoxy) is 1. The Balaban J connectivity index is 2.19. The van der Waals surface area contributed by atoms with Gasteiger partial charge in [0.15, 0.2) is 0 Å². The largest absolute Gasteiger partial charge is 0.496 e. The molecule has 0 aromatic heterocycles. The van der Waals surface area contributed by atoms with Gasteiger partial charge < -0.3 is 14.8 Å². The van der Waals surface area contributed by atoms with Crippen molar-refractivity contribution in [3.8, 4) is 5.75 Å². The van der Waals surface area contributed by atoms with Crippen molar-refractivity contribution in [3.05, 3.63) is 53.1 Å². The molecule has 3 nitrogen and oxygen atoms in total. The average molecular weight is 309 g/mol. The molecule has 0 atom stereocenters. The van der Waals surface area contributed by atoms with Gasteiger partial charge in [-0.15, -0.1) is 11.8 Å². The van der Waals surface area contributed by atoms with E-state index in [1.165, 1.54) is 0 Å². The normalized spacial score (nSPS) is 10.4. The van der Waals surface area contributed by atoms with Crippen molar-refractivity contribution >= 4 is 35.9 Å². The van der Waals surface area contributed by atoms with Gasteiger partial charge in [0.1, 0.15) is 5.75 Å². The molecule has 0 saturated carbocycles. The number of halogens is 1. The molecule has 0 aliphatic carbocycles. The summed E-state index contributed by atoms with van der Waals surface area (Å²) in [7, 11) is 0.110. The molecule has 20 heavy (non-hydrogen) atoms. The first-order valence-corrected chi connectivity index (χ1v) is 7.38.